The molecule has 0 rings (SSSR count). The van der Waals surface area contributed by atoms with Crippen molar-refractivity contribution >= 4 is 0 Å². The van der Waals surface area contributed by atoms with Gasteiger partial charge in [-0.3, -0.25) is 0 Å². The number of alkyl halides is 9. The van der Waals surface area contributed by atoms with Crippen LogP contribution < -0.4 is 0 Å². The van der Waals surface area contributed by atoms with Gasteiger partial charge in [-0.1, -0.05) is 0 Å². The summed E-state index contributed by atoms with van der Waals surface area (Å²) in [6.07, 6.45) is -15.9. The van der Waals surface area contributed by atoms with Crippen LogP contribution in [0.4, 0.5) is 39.5 Å². The van der Waals surface area contributed by atoms with Crippen molar-refractivity contribution in [1.82, 2.24) is 0 Å². The summed E-state index contributed by atoms with van der Waals surface area (Å²) < 4.78 is 106. The minimum Gasteiger partial charge on any atom is -0.334 e. The molecule has 0 bridgehead atoms. The average Bonchev–Trinajstić information content (AvgIpc) is 1.96. The van der Waals surface area contributed by atoms with E-state index >= 15 is 0 Å². The van der Waals surface area contributed by atoms with Crippen LogP contribution in [0.15, 0.2) is 0 Å². The Morgan fingerprint density at radius 1 is 0.867 bits per heavy atom. The van der Waals surface area contributed by atoms with Crippen molar-refractivity contribution in [3.05, 3.63) is 0 Å². The topological polar surface area (TPSA) is 9.23 Å². The van der Waals surface area contributed by atoms with Crippen molar-refractivity contribution in [2.75, 3.05) is 6.61 Å². The van der Waals surface area contributed by atoms with Gasteiger partial charge in [-0.05, 0) is 0 Å². The third-order valence-electron chi connectivity index (χ3n) is 1.06. The van der Waals surface area contributed by atoms with E-state index in [1.807, 2.05) is 0 Å². The minimum absolute atomic E-state index is 2.53. The van der Waals surface area contributed by atoms with Crippen LogP contribution in [0.5, 0.6) is 0 Å². The summed E-state index contributed by atoms with van der Waals surface area (Å²) in [6, 6.07) is 0. The highest BCUT2D eigenvalue weighted by molar-refractivity contribution is 4.79. The summed E-state index contributed by atoms with van der Waals surface area (Å²) in [4.78, 5) is 0. The van der Waals surface area contributed by atoms with E-state index in [4.69, 9.17) is 0 Å². The van der Waals surface area contributed by atoms with Crippen LogP contribution >= 0.6 is 0 Å². The van der Waals surface area contributed by atoms with E-state index in [1.165, 1.54) is 0 Å². The normalized spacial score (nSPS) is 16.6. The van der Waals surface area contributed by atoms with E-state index in [9.17, 15) is 39.5 Å². The number of ether oxygens (including phenoxy) is 1. The fourth-order valence-electron chi connectivity index (χ4n) is 0.401. The Morgan fingerprint density at radius 3 is 1.53 bits per heavy atom. The smallest absolute Gasteiger partial charge is 0.334 e. The summed E-state index contributed by atoms with van der Waals surface area (Å²) >= 11 is 0. The molecule has 0 radical (unpaired) electrons. The molecular formula is C5H3F9O. The van der Waals surface area contributed by atoms with Gasteiger partial charge >= 0.3 is 18.3 Å². The molecule has 0 aromatic carbocycles. The molecule has 0 amide bonds. The molecule has 1 unspecified atom stereocenters. The van der Waals surface area contributed by atoms with E-state index in [0.29, 0.717) is 0 Å². The molecule has 0 aliphatic heterocycles. The molecule has 0 saturated heterocycles. The Bertz CT molecular complexity index is 204. The molecular weight excluding hydrogens is 247 g/mol. The Balaban J connectivity index is 4.39. The minimum atomic E-state index is -6.31. The predicted molar refractivity (Wildman–Crippen MR) is 27.9 cm³/mol. The lowest BCUT2D eigenvalue weighted by Gasteiger charge is -2.23. The van der Waals surface area contributed by atoms with Crippen LogP contribution in [0.1, 0.15) is 0 Å². The van der Waals surface area contributed by atoms with Crippen LogP contribution in [0.25, 0.3) is 0 Å². The Morgan fingerprint density at radius 2 is 1.27 bits per heavy atom. The molecule has 1 nitrogen and oxygen atoms in total. The van der Waals surface area contributed by atoms with Gasteiger partial charge in [0.05, 0.1) is 0 Å². The van der Waals surface area contributed by atoms with E-state index in [1.54, 1.807) is 0 Å². The van der Waals surface area contributed by atoms with Crippen LogP contribution in [-0.2, 0) is 4.74 Å². The molecule has 0 aromatic rings. The maximum absolute atomic E-state index is 12.0. The highest BCUT2D eigenvalue weighted by Crippen LogP contribution is 2.40. The van der Waals surface area contributed by atoms with Crippen molar-refractivity contribution in [2.45, 2.75) is 24.6 Å². The van der Waals surface area contributed by atoms with Gasteiger partial charge < -0.3 is 4.74 Å². The molecule has 0 aromatic heterocycles. The molecule has 0 N–H and O–H groups in total. The highest BCUT2D eigenvalue weighted by Gasteiger charge is 2.64. The first-order valence-corrected chi connectivity index (χ1v) is 3.15. The van der Waals surface area contributed by atoms with Gasteiger partial charge in [0, 0.05) is 0 Å². The van der Waals surface area contributed by atoms with E-state index in [-0.39, 0.29) is 0 Å². The second kappa shape index (κ2) is 4.06. The molecule has 0 aliphatic carbocycles. The van der Waals surface area contributed by atoms with Crippen molar-refractivity contribution < 1.29 is 44.3 Å². The maximum Gasteiger partial charge on any atom is 0.459 e. The molecule has 1 atom stereocenters. The fourth-order valence-corrected chi connectivity index (χ4v) is 0.401. The van der Waals surface area contributed by atoms with E-state index < -0.39 is 31.2 Å². The van der Waals surface area contributed by atoms with Gasteiger partial charge in [0.2, 0.25) is 0 Å². The van der Waals surface area contributed by atoms with E-state index in [0.717, 1.165) is 0 Å². The van der Waals surface area contributed by atoms with Gasteiger partial charge in [-0.15, -0.1) is 0 Å². The zero-order valence-corrected chi connectivity index (χ0v) is 6.59. The molecule has 10 heteroatoms. The molecule has 0 saturated carbocycles. The monoisotopic (exact) mass is 250 g/mol. The first-order chi connectivity index (χ1) is 6.38. The SMILES string of the molecule is FC(OCC(F)(F)F)C(F)(F)C(F)(F)F. The van der Waals surface area contributed by atoms with Gasteiger partial charge in [0.25, 0.3) is 6.36 Å². The number of hydrogen-bond acceptors (Lipinski definition) is 1. The number of rotatable bonds is 3. The van der Waals surface area contributed by atoms with Gasteiger partial charge in [0.1, 0.15) is 6.61 Å². The fraction of sp³-hybridized carbons (Fsp3) is 1.00. The van der Waals surface area contributed by atoms with Crippen LogP contribution in [-0.4, -0.2) is 31.2 Å². The van der Waals surface area contributed by atoms with Crippen molar-refractivity contribution in [1.29, 1.82) is 0 Å². The Hall–Kier alpha value is -0.670. The molecule has 15 heavy (non-hydrogen) atoms. The molecule has 0 spiro atoms. The standard InChI is InChI=1S/C5H3F9O/c6-2(15-1-3(7,8)9)4(10,11)5(12,13)14/h2H,1H2. The van der Waals surface area contributed by atoms with Crippen LogP contribution in [0, 0.1) is 0 Å². The first kappa shape index (κ1) is 14.3. The Labute approximate surface area is 76.8 Å². The van der Waals surface area contributed by atoms with Crippen molar-refractivity contribution in [2.24, 2.45) is 0 Å². The third-order valence-corrected chi connectivity index (χ3v) is 1.06. The van der Waals surface area contributed by atoms with Crippen LogP contribution in [0.2, 0.25) is 0 Å². The molecule has 0 aliphatic rings. The quantitative estimate of drug-likeness (QED) is 0.699. The van der Waals surface area contributed by atoms with Crippen LogP contribution in [0.3, 0.4) is 0 Å². The van der Waals surface area contributed by atoms with Gasteiger partial charge in [-0.2, -0.15) is 35.1 Å². The summed E-state index contributed by atoms with van der Waals surface area (Å²) in [6.45, 7) is -2.53. The number of halogens is 9. The summed E-state index contributed by atoms with van der Waals surface area (Å²) in [5.74, 6) is -5.97. The van der Waals surface area contributed by atoms with Gasteiger partial charge in [0.15, 0.2) is 0 Å². The Kier molecular flexibility index (Phi) is 3.88. The molecule has 92 valence electrons. The predicted octanol–water partition coefficient (Wildman–Crippen LogP) is 3.06. The van der Waals surface area contributed by atoms with Crippen molar-refractivity contribution in [3.63, 3.8) is 0 Å². The molecule has 0 fully saturated rings. The lowest BCUT2D eigenvalue weighted by molar-refractivity contribution is -0.349. The number of hydrogen-bond donors (Lipinski definition) is 0. The zero-order chi connectivity index (χ0) is 12.5. The largest absolute Gasteiger partial charge is 0.459 e. The molecule has 0 heterocycles. The zero-order valence-electron chi connectivity index (χ0n) is 6.59. The summed E-state index contributed by atoms with van der Waals surface area (Å²) in [5.41, 5.74) is 0. The lowest BCUT2D eigenvalue weighted by atomic mass is 10.3. The third kappa shape index (κ3) is 4.14. The second-order valence-corrected chi connectivity index (χ2v) is 2.36. The maximum atomic E-state index is 12.0. The van der Waals surface area contributed by atoms with Gasteiger partial charge in [-0.25, -0.2) is 4.39 Å². The average molecular weight is 250 g/mol. The second-order valence-electron chi connectivity index (χ2n) is 2.36. The highest BCUT2D eigenvalue weighted by atomic mass is 19.4. The summed E-state index contributed by atoms with van der Waals surface area (Å²) in [7, 11) is 0. The van der Waals surface area contributed by atoms with Crippen molar-refractivity contribution in [3.8, 4) is 0 Å². The first-order valence-electron chi connectivity index (χ1n) is 3.15. The van der Waals surface area contributed by atoms with E-state index in [2.05, 4.69) is 4.74 Å². The summed E-state index contributed by atoms with van der Waals surface area (Å²) in [5, 5.41) is 0. The lowest BCUT2D eigenvalue weighted by Crippen LogP contribution is -2.47.